The van der Waals surface area contributed by atoms with Crippen molar-refractivity contribution in [2.75, 3.05) is 0 Å². The van der Waals surface area contributed by atoms with E-state index in [1.807, 2.05) is 47.0 Å². The molecule has 0 fully saturated rings. The first-order valence-corrected chi connectivity index (χ1v) is 7.52. The van der Waals surface area contributed by atoms with Crippen molar-refractivity contribution in [3.8, 4) is 11.8 Å². The highest BCUT2D eigenvalue weighted by Crippen LogP contribution is 2.28. The molecule has 4 nitrogen and oxygen atoms in total. The van der Waals surface area contributed by atoms with Crippen molar-refractivity contribution in [3.63, 3.8) is 0 Å². The Hall–Kier alpha value is -2.90. The van der Waals surface area contributed by atoms with Gasteiger partial charge in [-0.05, 0) is 29.8 Å². The van der Waals surface area contributed by atoms with Crippen LogP contribution in [0.25, 0.3) is 27.6 Å². The van der Waals surface area contributed by atoms with Crippen LogP contribution >= 0.6 is 11.6 Å². The second-order valence-corrected chi connectivity index (χ2v) is 5.67. The summed E-state index contributed by atoms with van der Waals surface area (Å²) in [6, 6.07) is 15.7. The minimum absolute atomic E-state index is 0.347. The Morgan fingerprint density at radius 2 is 1.96 bits per heavy atom. The predicted molar refractivity (Wildman–Crippen MR) is 90.7 cm³/mol. The van der Waals surface area contributed by atoms with Crippen molar-refractivity contribution in [2.45, 2.75) is 6.42 Å². The zero-order chi connectivity index (χ0) is 15.8. The number of hydrogen-bond acceptors (Lipinski definition) is 3. The van der Waals surface area contributed by atoms with Gasteiger partial charge in [0.05, 0.1) is 35.4 Å². The third kappa shape index (κ3) is 2.23. The first-order valence-electron chi connectivity index (χ1n) is 7.14. The first-order chi connectivity index (χ1) is 11.3. The molecule has 4 aromatic rings. The molecule has 23 heavy (non-hydrogen) atoms. The molecular weight excluding hydrogens is 308 g/mol. The number of aromatic nitrogens is 3. The molecule has 0 aliphatic heterocycles. The number of fused-ring (bicyclic) bond motifs is 3. The van der Waals surface area contributed by atoms with Crippen molar-refractivity contribution in [1.82, 2.24) is 14.5 Å². The van der Waals surface area contributed by atoms with E-state index in [4.69, 9.17) is 16.9 Å². The Kier molecular flexibility index (Phi) is 3.22. The Morgan fingerprint density at radius 3 is 2.83 bits per heavy atom. The van der Waals surface area contributed by atoms with E-state index in [0.29, 0.717) is 11.4 Å². The zero-order valence-corrected chi connectivity index (χ0v) is 12.8. The summed E-state index contributed by atoms with van der Waals surface area (Å²) in [6.45, 7) is 0. The second-order valence-electron chi connectivity index (χ2n) is 5.23. The van der Waals surface area contributed by atoms with Crippen LogP contribution in [0.15, 0.2) is 55.0 Å². The van der Waals surface area contributed by atoms with Crippen LogP contribution in [0.1, 0.15) is 5.56 Å². The van der Waals surface area contributed by atoms with E-state index in [1.54, 1.807) is 12.5 Å². The molecule has 2 heterocycles. The van der Waals surface area contributed by atoms with Gasteiger partial charge in [-0.1, -0.05) is 29.8 Å². The highest BCUT2D eigenvalue weighted by molar-refractivity contribution is 6.31. The van der Waals surface area contributed by atoms with Gasteiger partial charge in [-0.2, -0.15) is 5.26 Å². The monoisotopic (exact) mass is 318 g/mol. The molecule has 4 rings (SSSR count). The Labute approximate surface area is 137 Å². The number of nitrogens with zero attached hydrogens (tertiary/aromatic N) is 4. The molecule has 0 bridgehead atoms. The van der Waals surface area contributed by atoms with E-state index >= 15 is 0 Å². The number of imidazole rings is 1. The van der Waals surface area contributed by atoms with Crippen LogP contribution in [0.4, 0.5) is 0 Å². The molecule has 2 aromatic heterocycles. The number of benzene rings is 2. The Bertz CT molecular complexity index is 1080. The molecule has 0 aliphatic carbocycles. The lowest BCUT2D eigenvalue weighted by atomic mass is 10.1. The van der Waals surface area contributed by atoms with Crippen LogP contribution in [0.3, 0.4) is 0 Å². The van der Waals surface area contributed by atoms with Gasteiger partial charge >= 0.3 is 0 Å². The maximum absolute atomic E-state index is 9.06. The SMILES string of the molecule is N#CCc1ccccc1-n1cnc2cnc3ccc(Cl)cc3c21. The van der Waals surface area contributed by atoms with Crippen molar-refractivity contribution in [3.05, 3.63) is 65.6 Å². The summed E-state index contributed by atoms with van der Waals surface area (Å²) < 4.78 is 2.00. The van der Waals surface area contributed by atoms with Crippen molar-refractivity contribution in [1.29, 1.82) is 5.26 Å². The summed E-state index contributed by atoms with van der Waals surface area (Å²) in [4.78, 5) is 8.88. The van der Waals surface area contributed by atoms with E-state index in [2.05, 4.69) is 16.0 Å². The van der Waals surface area contributed by atoms with Gasteiger partial charge in [0.15, 0.2) is 0 Å². The van der Waals surface area contributed by atoms with Gasteiger partial charge in [0.25, 0.3) is 0 Å². The Morgan fingerprint density at radius 1 is 1.09 bits per heavy atom. The minimum Gasteiger partial charge on any atom is -0.298 e. The molecule has 0 radical (unpaired) electrons. The normalized spacial score (nSPS) is 11.0. The van der Waals surface area contributed by atoms with Crippen LogP contribution in [-0.4, -0.2) is 14.5 Å². The van der Waals surface area contributed by atoms with E-state index in [1.165, 1.54) is 0 Å². The van der Waals surface area contributed by atoms with Gasteiger partial charge < -0.3 is 0 Å². The molecule has 0 unspecified atom stereocenters. The maximum Gasteiger partial charge on any atom is 0.108 e. The molecule has 110 valence electrons. The molecule has 0 spiro atoms. The topological polar surface area (TPSA) is 54.5 Å². The standard InChI is InChI=1S/C18H11ClN4/c19-13-5-6-15-14(9-13)18-16(10-21-15)22-11-23(18)17-4-2-1-3-12(17)7-8-20/h1-6,9-11H,7H2. The summed E-state index contributed by atoms with van der Waals surface area (Å²) in [5, 5.41) is 10.7. The van der Waals surface area contributed by atoms with Crippen molar-refractivity contribution in [2.24, 2.45) is 0 Å². The molecule has 0 saturated carbocycles. The van der Waals surface area contributed by atoms with Crippen LogP contribution < -0.4 is 0 Å². The summed E-state index contributed by atoms with van der Waals surface area (Å²) in [5.74, 6) is 0. The largest absolute Gasteiger partial charge is 0.298 e. The number of hydrogen-bond donors (Lipinski definition) is 0. The molecule has 2 aromatic carbocycles. The van der Waals surface area contributed by atoms with Gasteiger partial charge in [-0.15, -0.1) is 0 Å². The summed E-state index contributed by atoms with van der Waals surface area (Å²) in [5.41, 5.74) is 4.51. The number of pyridine rings is 1. The lowest BCUT2D eigenvalue weighted by Crippen LogP contribution is -1.98. The van der Waals surface area contributed by atoms with Crippen molar-refractivity contribution >= 4 is 33.5 Å². The molecule has 0 amide bonds. The third-order valence-electron chi connectivity index (χ3n) is 3.86. The van der Waals surface area contributed by atoms with Crippen LogP contribution in [-0.2, 0) is 6.42 Å². The summed E-state index contributed by atoms with van der Waals surface area (Å²) in [6.07, 6.45) is 3.87. The average Bonchev–Trinajstić information content (AvgIpc) is 3.00. The second kappa shape index (κ2) is 5.38. The maximum atomic E-state index is 9.06. The first kappa shape index (κ1) is 13.7. The fraction of sp³-hybridized carbons (Fsp3) is 0.0556. The molecule has 0 atom stereocenters. The van der Waals surface area contributed by atoms with Crippen LogP contribution in [0.5, 0.6) is 0 Å². The molecule has 0 saturated heterocycles. The molecule has 0 N–H and O–H groups in total. The summed E-state index contributed by atoms with van der Waals surface area (Å²) in [7, 11) is 0. The predicted octanol–water partition coefficient (Wildman–Crippen LogP) is 4.29. The smallest absolute Gasteiger partial charge is 0.108 e. The van der Waals surface area contributed by atoms with Gasteiger partial charge in [0.1, 0.15) is 11.8 Å². The lowest BCUT2D eigenvalue weighted by molar-refractivity contribution is 1.06. The number of nitriles is 1. The quantitative estimate of drug-likeness (QED) is 0.554. The third-order valence-corrected chi connectivity index (χ3v) is 4.09. The molecule has 0 aliphatic rings. The Balaban J connectivity index is 2.09. The van der Waals surface area contributed by atoms with Gasteiger partial charge in [0, 0.05) is 10.4 Å². The van der Waals surface area contributed by atoms with E-state index in [-0.39, 0.29) is 0 Å². The van der Waals surface area contributed by atoms with E-state index in [9.17, 15) is 0 Å². The highest BCUT2D eigenvalue weighted by Gasteiger charge is 2.12. The van der Waals surface area contributed by atoms with E-state index < -0.39 is 0 Å². The lowest BCUT2D eigenvalue weighted by Gasteiger charge is -2.10. The fourth-order valence-electron chi connectivity index (χ4n) is 2.83. The number of para-hydroxylation sites is 1. The zero-order valence-electron chi connectivity index (χ0n) is 12.1. The van der Waals surface area contributed by atoms with Gasteiger partial charge in [-0.3, -0.25) is 9.55 Å². The van der Waals surface area contributed by atoms with Crippen LogP contribution in [0, 0.1) is 11.3 Å². The molecular formula is C18H11ClN4. The molecule has 5 heteroatoms. The van der Waals surface area contributed by atoms with E-state index in [0.717, 1.165) is 33.2 Å². The fourth-order valence-corrected chi connectivity index (χ4v) is 3.00. The summed E-state index contributed by atoms with van der Waals surface area (Å²) >= 11 is 6.16. The minimum atomic E-state index is 0.347. The van der Waals surface area contributed by atoms with Crippen LogP contribution in [0.2, 0.25) is 5.02 Å². The van der Waals surface area contributed by atoms with Gasteiger partial charge in [-0.25, -0.2) is 4.98 Å². The van der Waals surface area contributed by atoms with Crippen molar-refractivity contribution < 1.29 is 0 Å². The van der Waals surface area contributed by atoms with Gasteiger partial charge in [0.2, 0.25) is 0 Å². The average molecular weight is 319 g/mol. The highest BCUT2D eigenvalue weighted by atomic mass is 35.5. The number of halogens is 1. The number of rotatable bonds is 2.